The lowest BCUT2D eigenvalue weighted by atomic mass is 10.3. The Labute approximate surface area is 97.3 Å². The number of anilines is 3. The van der Waals surface area contributed by atoms with Gasteiger partial charge in [0.05, 0.1) is 0 Å². The van der Waals surface area contributed by atoms with Crippen LogP contribution in [-0.4, -0.2) is 10.9 Å². The third kappa shape index (κ3) is 2.80. The third-order valence-electron chi connectivity index (χ3n) is 1.89. The normalized spacial score (nSPS) is 9.81. The van der Waals surface area contributed by atoms with Crippen LogP contribution in [0.25, 0.3) is 0 Å². The lowest BCUT2D eigenvalue weighted by molar-refractivity contribution is -0.114. The van der Waals surface area contributed by atoms with E-state index in [2.05, 4.69) is 15.6 Å². The number of rotatable bonds is 3. The molecule has 0 saturated heterocycles. The van der Waals surface area contributed by atoms with Crippen molar-refractivity contribution in [1.82, 2.24) is 4.98 Å². The van der Waals surface area contributed by atoms with E-state index >= 15 is 0 Å². The van der Waals surface area contributed by atoms with Crippen LogP contribution in [0.1, 0.15) is 6.92 Å². The zero-order valence-corrected chi connectivity index (χ0v) is 9.54. The van der Waals surface area contributed by atoms with Crippen LogP contribution in [0.3, 0.4) is 0 Å². The van der Waals surface area contributed by atoms with Crippen LogP contribution >= 0.6 is 11.3 Å². The van der Waals surface area contributed by atoms with Gasteiger partial charge in [0.25, 0.3) is 0 Å². The number of nitrogens with one attached hydrogen (secondary N) is 2. The van der Waals surface area contributed by atoms with E-state index in [4.69, 9.17) is 0 Å². The Bertz CT molecular complexity index is 464. The van der Waals surface area contributed by atoms with Crippen LogP contribution in [0.5, 0.6) is 0 Å². The number of carbonyl (C=O) groups excluding carboxylic acids is 1. The first kappa shape index (κ1) is 10.6. The van der Waals surface area contributed by atoms with Crippen LogP contribution in [0, 0.1) is 0 Å². The number of hydrogen-bond acceptors (Lipinski definition) is 4. The number of thiazole rings is 1. The molecule has 2 rings (SSSR count). The summed E-state index contributed by atoms with van der Waals surface area (Å²) in [5.74, 6) is -0.0689. The van der Waals surface area contributed by atoms with Crippen molar-refractivity contribution in [1.29, 1.82) is 0 Å². The molecule has 0 bridgehead atoms. The summed E-state index contributed by atoms with van der Waals surface area (Å²) in [6.45, 7) is 1.49. The summed E-state index contributed by atoms with van der Waals surface area (Å²) in [6, 6.07) is 7.48. The molecule has 82 valence electrons. The van der Waals surface area contributed by atoms with Gasteiger partial charge in [0, 0.05) is 29.9 Å². The van der Waals surface area contributed by atoms with Crippen LogP contribution in [0.15, 0.2) is 35.8 Å². The summed E-state index contributed by atoms with van der Waals surface area (Å²) < 4.78 is 0. The highest BCUT2D eigenvalue weighted by Crippen LogP contribution is 2.20. The fraction of sp³-hybridized carbons (Fsp3) is 0.0909. The lowest BCUT2D eigenvalue weighted by Crippen LogP contribution is -2.05. The molecule has 1 aromatic heterocycles. The molecule has 0 aliphatic carbocycles. The van der Waals surface area contributed by atoms with Crippen LogP contribution < -0.4 is 10.6 Å². The molecular formula is C11H11N3OS. The molecule has 1 amide bonds. The average Bonchev–Trinajstić information content (AvgIpc) is 2.73. The van der Waals surface area contributed by atoms with E-state index < -0.39 is 0 Å². The second kappa shape index (κ2) is 4.76. The molecule has 2 N–H and O–H groups in total. The number of nitrogens with zero attached hydrogens (tertiary/aromatic N) is 1. The Morgan fingerprint density at radius 2 is 1.94 bits per heavy atom. The highest BCUT2D eigenvalue weighted by molar-refractivity contribution is 7.13. The molecule has 0 atom stereocenters. The molecule has 0 spiro atoms. The Kier molecular flexibility index (Phi) is 3.16. The Morgan fingerprint density at radius 3 is 2.50 bits per heavy atom. The van der Waals surface area contributed by atoms with E-state index in [0.717, 1.165) is 16.5 Å². The summed E-state index contributed by atoms with van der Waals surface area (Å²) in [7, 11) is 0. The Balaban J connectivity index is 2.05. The van der Waals surface area contributed by atoms with E-state index in [-0.39, 0.29) is 5.91 Å². The van der Waals surface area contributed by atoms with E-state index in [1.165, 1.54) is 6.92 Å². The maximum Gasteiger partial charge on any atom is 0.221 e. The van der Waals surface area contributed by atoms with Crippen LogP contribution in [-0.2, 0) is 4.79 Å². The maximum atomic E-state index is 10.8. The van der Waals surface area contributed by atoms with Gasteiger partial charge in [0.2, 0.25) is 5.91 Å². The van der Waals surface area contributed by atoms with E-state index in [1.54, 1.807) is 17.5 Å². The highest BCUT2D eigenvalue weighted by Gasteiger charge is 1.98. The average molecular weight is 233 g/mol. The van der Waals surface area contributed by atoms with Crippen molar-refractivity contribution < 1.29 is 4.79 Å². The molecule has 1 aromatic carbocycles. The van der Waals surface area contributed by atoms with Gasteiger partial charge in [0.15, 0.2) is 5.13 Å². The molecule has 0 unspecified atom stereocenters. The number of benzene rings is 1. The van der Waals surface area contributed by atoms with Crippen molar-refractivity contribution in [3.05, 3.63) is 35.8 Å². The largest absolute Gasteiger partial charge is 0.332 e. The van der Waals surface area contributed by atoms with Gasteiger partial charge in [-0.3, -0.25) is 4.79 Å². The van der Waals surface area contributed by atoms with Crippen LogP contribution in [0.2, 0.25) is 0 Å². The molecule has 1 heterocycles. The quantitative estimate of drug-likeness (QED) is 0.857. The second-order valence-electron chi connectivity index (χ2n) is 3.22. The van der Waals surface area contributed by atoms with Gasteiger partial charge in [-0.05, 0) is 24.3 Å². The van der Waals surface area contributed by atoms with E-state index in [0.29, 0.717) is 0 Å². The van der Waals surface area contributed by atoms with Gasteiger partial charge in [-0.15, -0.1) is 11.3 Å². The number of amides is 1. The van der Waals surface area contributed by atoms with Crippen molar-refractivity contribution in [2.75, 3.05) is 10.6 Å². The molecule has 4 nitrogen and oxygen atoms in total. The minimum absolute atomic E-state index is 0.0689. The summed E-state index contributed by atoms with van der Waals surface area (Å²) in [4.78, 5) is 14.9. The highest BCUT2D eigenvalue weighted by atomic mass is 32.1. The van der Waals surface area contributed by atoms with Crippen LogP contribution in [0.4, 0.5) is 16.5 Å². The first-order chi connectivity index (χ1) is 7.74. The smallest absolute Gasteiger partial charge is 0.221 e. The summed E-state index contributed by atoms with van der Waals surface area (Å²) in [6.07, 6.45) is 1.75. The van der Waals surface area contributed by atoms with Gasteiger partial charge >= 0.3 is 0 Å². The topological polar surface area (TPSA) is 54.0 Å². The van der Waals surface area contributed by atoms with Crippen molar-refractivity contribution in [2.45, 2.75) is 6.92 Å². The summed E-state index contributed by atoms with van der Waals surface area (Å²) in [5.41, 5.74) is 1.74. The zero-order valence-electron chi connectivity index (χ0n) is 8.73. The lowest BCUT2D eigenvalue weighted by Gasteiger charge is -2.05. The predicted molar refractivity (Wildman–Crippen MR) is 66.1 cm³/mol. The minimum atomic E-state index is -0.0689. The first-order valence-electron chi connectivity index (χ1n) is 4.78. The van der Waals surface area contributed by atoms with Gasteiger partial charge in [-0.2, -0.15) is 0 Å². The number of aromatic nitrogens is 1. The standard InChI is InChI=1S/C11H11N3OS/c1-8(15)13-9-2-4-10(5-3-9)14-11-12-6-7-16-11/h2-7H,1H3,(H,12,14)(H,13,15). The van der Waals surface area contributed by atoms with Crippen molar-refractivity contribution >= 4 is 33.8 Å². The molecule has 0 aliphatic heterocycles. The summed E-state index contributed by atoms with van der Waals surface area (Å²) in [5, 5.41) is 8.63. The third-order valence-corrected chi connectivity index (χ3v) is 2.58. The molecule has 2 aromatic rings. The maximum absolute atomic E-state index is 10.8. The SMILES string of the molecule is CC(=O)Nc1ccc(Nc2nccs2)cc1. The summed E-state index contributed by atoms with van der Waals surface area (Å²) >= 11 is 1.54. The number of carbonyl (C=O) groups is 1. The molecule has 16 heavy (non-hydrogen) atoms. The second-order valence-corrected chi connectivity index (χ2v) is 4.12. The van der Waals surface area contributed by atoms with E-state index in [9.17, 15) is 4.79 Å². The molecule has 0 fully saturated rings. The van der Waals surface area contributed by atoms with Crippen molar-refractivity contribution in [3.63, 3.8) is 0 Å². The van der Waals surface area contributed by atoms with Crippen molar-refractivity contribution in [2.24, 2.45) is 0 Å². The minimum Gasteiger partial charge on any atom is -0.332 e. The predicted octanol–water partition coefficient (Wildman–Crippen LogP) is 2.85. The first-order valence-corrected chi connectivity index (χ1v) is 5.66. The fourth-order valence-electron chi connectivity index (χ4n) is 1.25. The Morgan fingerprint density at radius 1 is 1.25 bits per heavy atom. The number of hydrogen-bond donors (Lipinski definition) is 2. The van der Waals surface area contributed by atoms with Gasteiger partial charge in [-0.25, -0.2) is 4.98 Å². The molecule has 0 radical (unpaired) electrons. The Hall–Kier alpha value is -1.88. The van der Waals surface area contributed by atoms with Gasteiger partial charge in [-0.1, -0.05) is 0 Å². The van der Waals surface area contributed by atoms with E-state index in [1.807, 2.05) is 29.6 Å². The molecule has 5 heteroatoms. The molecule has 0 saturated carbocycles. The molecular weight excluding hydrogens is 222 g/mol. The van der Waals surface area contributed by atoms with Gasteiger partial charge < -0.3 is 10.6 Å². The molecule has 0 aliphatic rings. The van der Waals surface area contributed by atoms with Gasteiger partial charge in [0.1, 0.15) is 0 Å². The monoisotopic (exact) mass is 233 g/mol. The zero-order chi connectivity index (χ0) is 11.4. The fourth-order valence-corrected chi connectivity index (χ4v) is 1.80. The van der Waals surface area contributed by atoms with Crippen molar-refractivity contribution in [3.8, 4) is 0 Å².